The Morgan fingerprint density at radius 1 is 1.41 bits per heavy atom. The number of carbonyl (C=O) groups excluding carboxylic acids is 1. The SMILES string of the molecule is COCC(N)C(=O)NCc1cc(Cl)cc(Cl)c1OC(F)F.Cl. The van der Waals surface area contributed by atoms with Crippen molar-refractivity contribution >= 4 is 41.5 Å². The Morgan fingerprint density at radius 2 is 2.05 bits per heavy atom. The molecule has 5 nitrogen and oxygen atoms in total. The summed E-state index contributed by atoms with van der Waals surface area (Å²) in [5.74, 6) is -0.743. The molecule has 0 spiro atoms. The van der Waals surface area contributed by atoms with Gasteiger partial charge in [-0.2, -0.15) is 8.78 Å². The summed E-state index contributed by atoms with van der Waals surface area (Å²) >= 11 is 11.6. The van der Waals surface area contributed by atoms with Gasteiger partial charge >= 0.3 is 6.61 Å². The van der Waals surface area contributed by atoms with Crippen LogP contribution >= 0.6 is 35.6 Å². The highest BCUT2D eigenvalue weighted by Crippen LogP contribution is 2.33. The molecule has 0 aliphatic heterocycles. The van der Waals surface area contributed by atoms with Gasteiger partial charge in [-0.1, -0.05) is 23.2 Å². The third-order valence-electron chi connectivity index (χ3n) is 2.43. The number of nitrogens with one attached hydrogen (secondary N) is 1. The number of benzene rings is 1. The monoisotopic (exact) mass is 378 g/mol. The van der Waals surface area contributed by atoms with Crippen molar-refractivity contribution in [3.63, 3.8) is 0 Å². The summed E-state index contributed by atoms with van der Waals surface area (Å²) in [4.78, 5) is 11.6. The van der Waals surface area contributed by atoms with Gasteiger partial charge in [0.05, 0.1) is 11.6 Å². The van der Waals surface area contributed by atoms with Crippen LogP contribution in [-0.2, 0) is 16.1 Å². The van der Waals surface area contributed by atoms with Gasteiger partial charge in [-0.3, -0.25) is 4.79 Å². The molecule has 3 N–H and O–H groups in total. The first-order valence-electron chi connectivity index (χ1n) is 5.80. The lowest BCUT2D eigenvalue weighted by atomic mass is 10.2. The summed E-state index contributed by atoms with van der Waals surface area (Å²) in [5, 5.41) is 2.62. The van der Waals surface area contributed by atoms with Gasteiger partial charge in [0.15, 0.2) is 0 Å². The van der Waals surface area contributed by atoms with Gasteiger partial charge in [-0.25, -0.2) is 0 Å². The van der Waals surface area contributed by atoms with Crippen molar-refractivity contribution in [2.24, 2.45) is 5.73 Å². The number of hydrogen-bond donors (Lipinski definition) is 2. The number of methoxy groups -OCH3 is 1. The molecule has 0 radical (unpaired) electrons. The third kappa shape index (κ3) is 6.50. The van der Waals surface area contributed by atoms with E-state index in [4.69, 9.17) is 33.7 Å². The molecular formula is C12H15Cl3F2N2O3. The lowest BCUT2D eigenvalue weighted by molar-refractivity contribution is -0.123. The minimum absolute atomic E-state index is 0. The molecule has 1 rings (SSSR count). The second kappa shape index (κ2) is 10.0. The molecule has 0 bridgehead atoms. The number of ether oxygens (including phenoxy) is 2. The molecular weight excluding hydrogens is 364 g/mol. The smallest absolute Gasteiger partial charge is 0.387 e. The molecule has 0 aliphatic carbocycles. The predicted octanol–water partition coefficient (Wildman–Crippen LogP) is 2.61. The lowest BCUT2D eigenvalue weighted by Crippen LogP contribution is -2.43. The number of carbonyl (C=O) groups is 1. The van der Waals surface area contributed by atoms with E-state index in [-0.39, 0.29) is 46.9 Å². The Hall–Kier alpha value is -0.860. The zero-order valence-corrected chi connectivity index (χ0v) is 13.8. The summed E-state index contributed by atoms with van der Waals surface area (Å²) in [7, 11) is 1.40. The summed E-state index contributed by atoms with van der Waals surface area (Å²) in [5.41, 5.74) is 5.74. The highest BCUT2D eigenvalue weighted by Gasteiger charge is 2.17. The van der Waals surface area contributed by atoms with Gasteiger partial charge in [-0.05, 0) is 12.1 Å². The molecule has 22 heavy (non-hydrogen) atoms. The largest absolute Gasteiger partial charge is 0.433 e. The molecule has 1 atom stereocenters. The molecule has 1 aromatic carbocycles. The van der Waals surface area contributed by atoms with Crippen molar-refractivity contribution < 1.29 is 23.0 Å². The standard InChI is InChI=1S/C12H14Cl2F2N2O3.ClH/c1-20-5-9(17)11(19)18-4-6-2-7(13)3-8(14)10(6)21-12(15)16;/h2-3,9,12H,4-5,17H2,1H3,(H,18,19);1H. The Bertz CT molecular complexity index is 507. The quantitative estimate of drug-likeness (QED) is 0.764. The Morgan fingerprint density at radius 3 is 2.59 bits per heavy atom. The van der Waals surface area contributed by atoms with Crippen LogP contribution in [-0.4, -0.2) is 32.3 Å². The van der Waals surface area contributed by atoms with E-state index >= 15 is 0 Å². The first-order chi connectivity index (χ1) is 9.85. The van der Waals surface area contributed by atoms with E-state index in [1.807, 2.05) is 0 Å². The van der Waals surface area contributed by atoms with Crippen LogP contribution in [0.25, 0.3) is 0 Å². The number of amides is 1. The zero-order chi connectivity index (χ0) is 16.0. The van der Waals surface area contributed by atoms with Crippen molar-refractivity contribution in [1.82, 2.24) is 5.32 Å². The van der Waals surface area contributed by atoms with E-state index in [1.54, 1.807) is 0 Å². The highest BCUT2D eigenvalue weighted by atomic mass is 35.5. The maximum absolute atomic E-state index is 12.4. The minimum atomic E-state index is -3.05. The Labute approximate surface area is 142 Å². The van der Waals surface area contributed by atoms with Crippen molar-refractivity contribution in [2.75, 3.05) is 13.7 Å². The Balaban J connectivity index is 0.00000441. The number of halogens is 5. The van der Waals surface area contributed by atoms with Crippen molar-refractivity contribution in [3.8, 4) is 5.75 Å². The molecule has 0 aromatic heterocycles. The van der Waals surface area contributed by atoms with Gasteiger partial charge < -0.3 is 20.5 Å². The number of hydrogen-bond acceptors (Lipinski definition) is 4. The van der Waals surface area contributed by atoms with Crippen LogP contribution in [0.15, 0.2) is 12.1 Å². The van der Waals surface area contributed by atoms with Crippen molar-refractivity contribution in [2.45, 2.75) is 19.2 Å². The molecule has 0 saturated carbocycles. The van der Waals surface area contributed by atoms with E-state index in [0.29, 0.717) is 0 Å². The number of alkyl halides is 2. The summed E-state index contributed by atoms with van der Waals surface area (Å²) < 4.78 is 33.8. The first kappa shape index (κ1) is 21.1. The lowest BCUT2D eigenvalue weighted by Gasteiger charge is -2.15. The molecule has 0 aliphatic rings. The topological polar surface area (TPSA) is 73.6 Å². The van der Waals surface area contributed by atoms with Crippen LogP contribution < -0.4 is 15.8 Å². The maximum Gasteiger partial charge on any atom is 0.387 e. The zero-order valence-electron chi connectivity index (χ0n) is 11.4. The van der Waals surface area contributed by atoms with Gasteiger partial charge in [-0.15, -0.1) is 12.4 Å². The molecule has 0 heterocycles. The van der Waals surface area contributed by atoms with Gasteiger partial charge in [0.25, 0.3) is 0 Å². The normalized spacial score (nSPS) is 11.8. The molecule has 10 heteroatoms. The highest BCUT2D eigenvalue weighted by molar-refractivity contribution is 6.35. The van der Waals surface area contributed by atoms with Crippen LogP contribution in [0.2, 0.25) is 10.0 Å². The summed E-state index contributed by atoms with van der Waals surface area (Å²) in [6.45, 7) is -3.13. The average molecular weight is 380 g/mol. The molecule has 126 valence electrons. The number of rotatable bonds is 7. The van der Waals surface area contributed by atoms with Gasteiger partial charge in [0.1, 0.15) is 11.8 Å². The van der Waals surface area contributed by atoms with Gasteiger partial charge in [0, 0.05) is 24.2 Å². The van der Waals surface area contributed by atoms with Crippen molar-refractivity contribution in [1.29, 1.82) is 0 Å². The second-order valence-electron chi connectivity index (χ2n) is 4.03. The van der Waals surface area contributed by atoms with Crippen LogP contribution in [0.4, 0.5) is 8.78 Å². The van der Waals surface area contributed by atoms with E-state index in [1.165, 1.54) is 19.2 Å². The molecule has 1 amide bonds. The molecule has 1 unspecified atom stereocenters. The average Bonchev–Trinajstić information content (AvgIpc) is 2.39. The second-order valence-corrected chi connectivity index (χ2v) is 4.88. The van der Waals surface area contributed by atoms with E-state index < -0.39 is 18.6 Å². The fraction of sp³-hybridized carbons (Fsp3) is 0.417. The van der Waals surface area contributed by atoms with Crippen LogP contribution in [0, 0.1) is 0 Å². The summed E-state index contributed by atoms with van der Waals surface area (Å²) in [6.07, 6.45) is 0. The van der Waals surface area contributed by atoms with Crippen molar-refractivity contribution in [3.05, 3.63) is 27.7 Å². The maximum atomic E-state index is 12.4. The van der Waals surface area contributed by atoms with Gasteiger partial charge in [0.2, 0.25) is 5.91 Å². The molecule has 1 aromatic rings. The van der Waals surface area contributed by atoms with Crippen LogP contribution in [0.1, 0.15) is 5.56 Å². The fourth-order valence-electron chi connectivity index (χ4n) is 1.53. The number of nitrogens with two attached hydrogens (primary N) is 1. The Kier molecular flexibility index (Phi) is 9.63. The van der Waals surface area contributed by atoms with E-state index in [2.05, 4.69) is 10.1 Å². The minimum Gasteiger partial charge on any atom is -0.433 e. The van der Waals surface area contributed by atoms with Crippen LogP contribution in [0.5, 0.6) is 5.75 Å². The predicted molar refractivity (Wildman–Crippen MR) is 82.0 cm³/mol. The van der Waals surface area contributed by atoms with E-state index in [9.17, 15) is 13.6 Å². The summed E-state index contributed by atoms with van der Waals surface area (Å²) in [6, 6.07) is 1.76. The third-order valence-corrected chi connectivity index (χ3v) is 2.93. The van der Waals surface area contributed by atoms with Crippen LogP contribution in [0.3, 0.4) is 0 Å². The molecule has 0 saturated heterocycles. The fourth-order valence-corrected chi connectivity index (χ4v) is 2.11. The van der Waals surface area contributed by atoms with E-state index in [0.717, 1.165) is 0 Å². The first-order valence-corrected chi connectivity index (χ1v) is 6.55. The molecule has 0 fully saturated rings.